The molecule has 114 valence electrons. The predicted octanol–water partition coefficient (Wildman–Crippen LogP) is 3.96. The van der Waals surface area contributed by atoms with Gasteiger partial charge in [-0.25, -0.2) is 9.67 Å². The molecule has 2 aromatic heterocycles. The van der Waals surface area contributed by atoms with E-state index in [2.05, 4.69) is 15.4 Å². The van der Waals surface area contributed by atoms with Crippen LogP contribution in [0.5, 0.6) is 0 Å². The van der Waals surface area contributed by atoms with Crippen molar-refractivity contribution < 1.29 is 13.2 Å². The molecule has 2 heterocycles. The van der Waals surface area contributed by atoms with E-state index in [1.165, 1.54) is 0 Å². The monoisotopic (exact) mass is 324 g/mol. The number of para-hydroxylation sites is 1. The molecular formula is C14H11F3N4S. The quantitative estimate of drug-likeness (QED) is 0.790. The highest BCUT2D eigenvalue weighted by atomic mass is 32.1. The minimum absolute atomic E-state index is 0.239. The minimum atomic E-state index is -4.36. The molecule has 0 aliphatic carbocycles. The Labute approximate surface area is 128 Å². The van der Waals surface area contributed by atoms with E-state index in [1.54, 1.807) is 16.9 Å². The van der Waals surface area contributed by atoms with Crippen molar-refractivity contribution in [2.45, 2.75) is 12.7 Å². The second kappa shape index (κ2) is 5.80. The first kappa shape index (κ1) is 14.6. The molecule has 22 heavy (non-hydrogen) atoms. The summed E-state index contributed by atoms with van der Waals surface area (Å²) in [5.41, 5.74) is 1.78. The van der Waals surface area contributed by atoms with Crippen LogP contribution in [0.25, 0.3) is 5.69 Å². The summed E-state index contributed by atoms with van der Waals surface area (Å²) < 4.78 is 39.3. The van der Waals surface area contributed by atoms with E-state index in [4.69, 9.17) is 0 Å². The van der Waals surface area contributed by atoms with E-state index in [-0.39, 0.29) is 5.13 Å². The van der Waals surface area contributed by atoms with Crippen LogP contribution in [0.15, 0.2) is 48.9 Å². The maximum atomic E-state index is 12.5. The highest BCUT2D eigenvalue weighted by Crippen LogP contribution is 2.35. The second-order valence-electron chi connectivity index (χ2n) is 4.46. The van der Waals surface area contributed by atoms with Crippen molar-refractivity contribution in [3.8, 4) is 5.69 Å². The van der Waals surface area contributed by atoms with Crippen LogP contribution >= 0.6 is 11.3 Å². The zero-order chi connectivity index (χ0) is 15.6. The molecule has 0 aliphatic heterocycles. The zero-order valence-corrected chi connectivity index (χ0v) is 12.0. The lowest BCUT2D eigenvalue weighted by Gasteiger charge is -2.10. The zero-order valence-electron chi connectivity index (χ0n) is 11.2. The number of benzene rings is 1. The third kappa shape index (κ3) is 3.11. The van der Waals surface area contributed by atoms with Gasteiger partial charge in [-0.05, 0) is 17.7 Å². The van der Waals surface area contributed by atoms with Crippen LogP contribution in [0.4, 0.5) is 18.3 Å². The normalized spacial score (nSPS) is 11.6. The maximum absolute atomic E-state index is 12.5. The standard InChI is InChI=1S/C14H11F3N4S/c15-14(16,17)12-9-19-13(22-12)18-8-10-4-1-2-5-11(10)21-7-3-6-20-21/h1-7,9H,8H2,(H,18,19). The van der Waals surface area contributed by atoms with Crippen molar-refractivity contribution in [3.05, 3.63) is 59.4 Å². The number of thiazole rings is 1. The second-order valence-corrected chi connectivity index (χ2v) is 5.49. The van der Waals surface area contributed by atoms with Crippen molar-refractivity contribution in [3.63, 3.8) is 0 Å². The van der Waals surface area contributed by atoms with E-state index >= 15 is 0 Å². The lowest BCUT2D eigenvalue weighted by Crippen LogP contribution is -2.05. The summed E-state index contributed by atoms with van der Waals surface area (Å²) in [5, 5.41) is 7.33. The summed E-state index contributed by atoms with van der Waals surface area (Å²) >= 11 is 0.593. The van der Waals surface area contributed by atoms with E-state index in [0.717, 1.165) is 17.4 Å². The molecule has 4 nitrogen and oxygen atoms in total. The number of nitrogens with zero attached hydrogens (tertiary/aromatic N) is 3. The Balaban J connectivity index is 1.76. The fourth-order valence-electron chi connectivity index (χ4n) is 1.95. The Morgan fingerprint density at radius 1 is 1.18 bits per heavy atom. The molecule has 1 aromatic carbocycles. The first-order chi connectivity index (χ1) is 10.5. The molecule has 0 atom stereocenters. The van der Waals surface area contributed by atoms with Crippen molar-refractivity contribution >= 4 is 16.5 Å². The van der Waals surface area contributed by atoms with Gasteiger partial charge in [0, 0.05) is 18.9 Å². The number of nitrogens with one attached hydrogen (secondary N) is 1. The SMILES string of the molecule is FC(F)(F)c1cnc(NCc2ccccc2-n2cccn2)s1. The van der Waals surface area contributed by atoms with Crippen LogP contribution in [-0.2, 0) is 12.7 Å². The van der Waals surface area contributed by atoms with E-state index < -0.39 is 11.1 Å². The van der Waals surface area contributed by atoms with Gasteiger partial charge in [-0.15, -0.1) is 0 Å². The summed E-state index contributed by atoms with van der Waals surface area (Å²) in [6, 6.07) is 9.34. The number of anilines is 1. The average molecular weight is 324 g/mol. The van der Waals surface area contributed by atoms with E-state index in [9.17, 15) is 13.2 Å². The topological polar surface area (TPSA) is 42.7 Å². The van der Waals surface area contributed by atoms with Crippen LogP contribution in [0.1, 0.15) is 10.4 Å². The summed E-state index contributed by atoms with van der Waals surface area (Å²) in [5.74, 6) is 0. The number of hydrogen-bond acceptors (Lipinski definition) is 4. The van der Waals surface area contributed by atoms with Gasteiger partial charge in [-0.3, -0.25) is 0 Å². The third-order valence-corrected chi connectivity index (χ3v) is 3.96. The minimum Gasteiger partial charge on any atom is -0.357 e. The Morgan fingerprint density at radius 2 is 2.00 bits per heavy atom. The maximum Gasteiger partial charge on any atom is 0.427 e. The van der Waals surface area contributed by atoms with Gasteiger partial charge in [0.1, 0.15) is 4.88 Å². The highest BCUT2D eigenvalue weighted by molar-refractivity contribution is 7.15. The lowest BCUT2D eigenvalue weighted by molar-refractivity contribution is -0.134. The molecule has 0 bridgehead atoms. The van der Waals surface area contributed by atoms with Crippen molar-refractivity contribution in [1.82, 2.24) is 14.8 Å². The summed E-state index contributed by atoms with van der Waals surface area (Å²) in [7, 11) is 0. The van der Waals surface area contributed by atoms with E-state index in [0.29, 0.717) is 17.9 Å². The van der Waals surface area contributed by atoms with Crippen LogP contribution in [0, 0.1) is 0 Å². The van der Waals surface area contributed by atoms with E-state index in [1.807, 2.05) is 30.5 Å². The first-order valence-electron chi connectivity index (χ1n) is 6.39. The number of aromatic nitrogens is 3. The third-order valence-electron chi connectivity index (χ3n) is 2.96. The van der Waals surface area contributed by atoms with Gasteiger partial charge in [0.05, 0.1) is 11.9 Å². The molecule has 0 spiro atoms. The summed E-state index contributed by atoms with van der Waals surface area (Å²) in [6.45, 7) is 0.362. The van der Waals surface area contributed by atoms with Gasteiger partial charge < -0.3 is 5.32 Å². The number of hydrogen-bond donors (Lipinski definition) is 1. The van der Waals surface area contributed by atoms with Crippen molar-refractivity contribution in [2.75, 3.05) is 5.32 Å². The number of alkyl halides is 3. The Kier molecular flexibility index (Phi) is 3.84. The molecular weight excluding hydrogens is 313 g/mol. The molecule has 0 unspecified atom stereocenters. The highest BCUT2D eigenvalue weighted by Gasteiger charge is 2.33. The lowest BCUT2D eigenvalue weighted by atomic mass is 10.2. The largest absolute Gasteiger partial charge is 0.427 e. The predicted molar refractivity (Wildman–Crippen MR) is 78.0 cm³/mol. The van der Waals surface area contributed by atoms with Crippen molar-refractivity contribution in [2.24, 2.45) is 0 Å². The fourth-order valence-corrected chi connectivity index (χ4v) is 2.63. The van der Waals surface area contributed by atoms with Gasteiger partial charge in [0.2, 0.25) is 0 Å². The van der Waals surface area contributed by atoms with Gasteiger partial charge in [0.15, 0.2) is 5.13 Å². The molecule has 3 rings (SSSR count). The van der Waals surface area contributed by atoms with Gasteiger partial charge >= 0.3 is 6.18 Å². The van der Waals surface area contributed by atoms with Gasteiger partial charge in [-0.2, -0.15) is 18.3 Å². The van der Waals surface area contributed by atoms with Gasteiger partial charge in [0.25, 0.3) is 0 Å². The summed E-state index contributed by atoms with van der Waals surface area (Å²) in [6.07, 6.45) is -0.0401. The van der Waals surface area contributed by atoms with Crippen LogP contribution in [0.3, 0.4) is 0 Å². The molecule has 0 aliphatic rings. The smallest absolute Gasteiger partial charge is 0.357 e. The van der Waals surface area contributed by atoms with Crippen LogP contribution < -0.4 is 5.32 Å². The molecule has 0 radical (unpaired) electrons. The fraction of sp³-hybridized carbons (Fsp3) is 0.143. The first-order valence-corrected chi connectivity index (χ1v) is 7.20. The Morgan fingerprint density at radius 3 is 2.68 bits per heavy atom. The average Bonchev–Trinajstić information content (AvgIpc) is 3.16. The molecule has 1 N–H and O–H groups in total. The Bertz CT molecular complexity index is 750. The van der Waals surface area contributed by atoms with Gasteiger partial charge in [-0.1, -0.05) is 29.5 Å². The Hall–Kier alpha value is -2.35. The molecule has 0 saturated heterocycles. The number of rotatable bonds is 4. The van der Waals surface area contributed by atoms with Crippen molar-refractivity contribution in [1.29, 1.82) is 0 Å². The molecule has 0 saturated carbocycles. The number of halogens is 3. The molecule has 0 amide bonds. The molecule has 0 fully saturated rings. The molecule has 8 heteroatoms. The van der Waals surface area contributed by atoms with Crippen LogP contribution in [-0.4, -0.2) is 14.8 Å². The summed E-state index contributed by atoms with van der Waals surface area (Å²) in [4.78, 5) is 3.04. The van der Waals surface area contributed by atoms with Crippen LogP contribution in [0.2, 0.25) is 0 Å². The molecule has 3 aromatic rings.